The summed E-state index contributed by atoms with van der Waals surface area (Å²) in [6, 6.07) is 4.35. The summed E-state index contributed by atoms with van der Waals surface area (Å²) >= 11 is 0. The van der Waals surface area contributed by atoms with E-state index in [4.69, 9.17) is 4.42 Å². The maximum Gasteiger partial charge on any atom is 0.223 e. The number of nitrogens with zero attached hydrogens (tertiary/aromatic N) is 1. The molecule has 1 N–H and O–H groups in total. The number of carbonyl (C=O) groups excluding carboxylic acids is 1. The van der Waals surface area contributed by atoms with E-state index in [1.807, 2.05) is 12.1 Å². The first-order chi connectivity index (χ1) is 9.83. The highest BCUT2D eigenvalue weighted by Crippen LogP contribution is 2.29. The third-order valence-electron chi connectivity index (χ3n) is 4.39. The molecule has 2 fully saturated rings. The molecule has 1 aromatic rings. The molecule has 4 nitrogen and oxygen atoms in total. The molecule has 1 aromatic heterocycles. The van der Waals surface area contributed by atoms with Gasteiger partial charge in [0.2, 0.25) is 5.91 Å². The van der Waals surface area contributed by atoms with Crippen LogP contribution in [-0.2, 0) is 11.2 Å². The average Bonchev–Trinajstić information content (AvgIpc) is 3.19. The first-order valence-electron chi connectivity index (χ1n) is 7.85. The number of furan rings is 1. The molecular weight excluding hydrogens is 252 g/mol. The number of carbonyl (C=O) groups is 1. The largest absolute Gasteiger partial charge is 0.469 e. The van der Waals surface area contributed by atoms with Gasteiger partial charge in [-0.25, -0.2) is 0 Å². The zero-order valence-corrected chi connectivity index (χ0v) is 12.0. The lowest BCUT2D eigenvalue weighted by Gasteiger charge is -2.30. The number of aryl methyl sites for hydroxylation is 1. The number of piperidine rings is 1. The van der Waals surface area contributed by atoms with Crippen LogP contribution in [-0.4, -0.2) is 36.5 Å². The highest BCUT2D eigenvalue weighted by atomic mass is 16.3. The Morgan fingerprint density at radius 3 is 2.75 bits per heavy atom. The molecule has 1 aliphatic carbocycles. The quantitative estimate of drug-likeness (QED) is 0.866. The zero-order chi connectivity index (χ0) is 13.8. The van der Waals surface area contributed by atoms with Crippen molar-refractivity contribution in [3.05, 3.63) is 24.2 Å². The number of nitrogens with one attached hydrogen (secondary N) is 1. The molecule has 1 aliphatic heterocycles. The molecule has 2 heterocycles. The molecule has 0 unspecified atom stereocenters. The number of hydrogen-bond donors (Lipinski definition) is 1. The van der Waals surface area contributed by atoms with E-state index in [1.54, 1.807) is 6.26 Å². The Kier molecular flexibility index (Phi) is 4.41. The van der Waals surface area contributed by atoms with Crippen molar-refractivity contribution in [3.63, 3.8) is 0 Å². The lowest BCUT2D eigenvalue weighted by molar-refractivity contribution is -0.132. The number of hydrogen-bond acceptors (Lipinski definition) is 3. The molecule has 1 saturated carbocycles. The van der Waals surface area contributed by atoms with Crippen LogP contribution in [0, 0.1) is 5.92 Å². The fraction of sp³-hybridized carbons (Fsp3) is 0.688. The molecule has 1 amide bonds. The summed E-state index contributed by atoms with van der Waals surface area (Å²) in [5.41, 5.74) is 0. The lowest BCUT2D eigenvalue weighted by Crippen LogP contribution is -2.40. The van der Waals surface area contributed by atoms with Crippen LogP contribution in [0.25, 0.3) is 0 Å². The van der Waals surface area contributed by atoms with Crippen molar-refractivity contribution in [3.8, 4) is 0 Å². The lowest BCUT2D eigenvalue weighted by atomic mass is 9.97. The van der Waals surface area contributed by atoms with E-state index >= 15 is 0 Å². The minimum absolute atomic E-state index is 0.308. The van der Waals surface area contributed by atoms with Crippen LogP contribution in [0.3, 0.4) is 0 Å². The van der Waals surface area contributed by atoms with Gasteiger partial charge in [-0.2, -0.15) is 0 Å². The summed E-state index contributed by atoms with van der Waals surface area (Å²) < 4.78 is 5.31. The molecule has 3 rings (SSSR count). The molecule has 0 radical (unpaired) electrons. The Hall–Kier alpha value is -1.29. The van der Waals surface area contributed by atoms with Crippen LogP contribution in [0.5, 0.6) is 0 Å². The van der Waals surface area contributed by atoms with E-state index in [2.05, 4.69) is 10.2 Å². The van der Waals surface area contributed by atoms with Gasteiger partial charge in [0.25, 0.3) is 0 Å². The highest BCUT2D eigenvalue weighted by Gasteiger charge is 2.33. The molecule has 0 spiro atoms. The Morgan fingerprint density at radius 2 is 2.10 bits per heavy atom. The molecule has 20 heavy (non-hydrogen) atoms. The average molecular weight is 276 g/mol. The van der Waals surface area contributed by atoms with E-state index in [1.165, 1.54) is 25.7 Å². The second-order valence-corrected chi connectivity index (χ2v) is 6.05. The first-order valence-corrected chi connectivity index (χ1v) is 7.85. The topological polar surface area (TPSA) is 45.5 Å². The van der Waals surface area contributed by atoms with Crippen molar-refractivity contribution in [2.75, 3.05) is 19.6 Å². The van der Waals surface area contributed by atoms with Gasteiger partial charge < -0.3 is 14.6 Å². The number of amides is 1. The van der Waals surface area contributed by atoms with Gasteiger partial charge in [0, 0.05) is 25.4 Å². The highest BCUT2D eigenvalue weighted by molar-refractivity contribution is 5.77. The first kappa shape index (κ1) is 13.7. The Balaban J connectivity index is 1.51. The van der Waals surface area contributed by atoms with Gasteiger partial charge in [0.05, 0.1) is 6.26 Å². The van der Waals surface area contributed by atoms with Crippen LogP contribution >= 0.6 is 0 Å². The minimum atomic E-state index is 0.308. The minimum Gasteiger partial charge on any atom is -0.469 e. The Labute approximate surface area is 120 Å². The summed E-state index contributed by atoms with van der Waals surface area (Å²) in [5, 5.41) is 3.39. The molecule has 4 heteroatoms. The van der Waals surface area contributed by atoms with E-state index in [0.29, 0.717) is 24.3 Å². The Morgan fingerprint density at radius 1 is 1.30 bits per heavy atom. The van der Waals surface area contributed by atoms with Crippen molar-refractivity contribution in [1.82, 2.24) is 10.2 Å². The van der Waals surface area contributed by atoms with E-state index in [0.717, 1.165) is 31.8 Å². The maximum atomic E-state index is 12.5. The number of rotatable bonds is 6. The Bertz CT molecular complexity index is 420. The van der Waals surface area contributed by atoms with E-state index < -0.39 is 0 Å². The summed E-state index contributed by atoms with van der Waals surface area (Å²) in [6.07, 6.45) is 7.77. The fourth-order valence-corrected chi connectivity index (χ4v) is 3.01. The molecule has 0 aromatic carbocycles. The van der Waals surface area contributed by atoms with Crippen molar-refractivity contribution < 1.29 is 9.21 Å². The van der Waals surface area contributed by atoms with Gasteiger partial charge in [-0.05, 0) is 56.8 Å². The molecule has 0 atom stereocenters. The van der Waals surface area contributed by atoms with Gasteiger partial charge in [-0.3, -0.25) is 4.79 Å². The van der Waals surface area contributed by atoms with E-state index in [-0.39, 0.29) is 0 Å². The van der Waals surface area contributed by atoms with Gasteiger partial charge in [-0.1, -0.05) is 0 Å². The standard InChI is InChI=1S/C16H24N2O2/c19-16(6-5-15-2-1-11-20-15)18(14-3-4-14)12-13-7-9-17-10-8-13/h1-2,11,13-14,17H,3-10,12H2. The molecule has 110 valence electrons. The van der Waals surface area contributed by atoms with Crippen LogP contribution in [0.4, 0.5) is 0 Å². The second-order valence-electron chi connectivity index (χ2n) is 6.05. The molecule has 2 aliphatic rings. The van der Waals surface area contributed by atoms with Gasteiger partial charge >= 0.3 is 0 Å². The molecule has 0 bridgehead atoms. The van der Waals surface area contributed by atoms with Crippen LogP contribution in [0.1, 0.15) is 37.9 Å². The zero-order valence-electron chi connectivity index (χ0n) is 12.0. The monoisotopic (exact) mass is 276 g/mol. The van der Waals surface area contributed by atoms with Gasteiger partial charge in [0.15, 0.2) is 0 Å². The summed E-state index contributed by atoms with van der Waals surface area (Å²) in [6.45, 7) is 3.16. The molecular formula is C16H24N2O2. The fourth-order valence-electron chi connectivity index (χ4n) is 3.01. The summed E-state index contributed by atoms with van der Waals surface area (Å²) in [4.78, 5) is 14.6. The van der Waals surface area contributed by atoms with Crippen LogP contribution < -0.4 is 5.32 Å². The smallest absolute Gasteiger partial charge is 0.223 e. The van der Waals surface area contributed by atoms with Crippen molar-refractivity contribution in [2.45, 2.75) is 44.6 Å². The van der Waals surface area contributed by atoms with Crippen molar-refractivity contribution in [2.24, 2.45) is 5.92 Å². The summed E-state index contributed by atoms with van der Waals surface area (Å²) in [5.74, 6) is 1.91. The van der Waals surface area contributed by atoms with Crippen molar-refractivity contribution in [1.29, 1.82) is 0 Å². The third kappa shape index (κ3) is 3.63. The van der Waals surface area contributed by atoms with E-state index in [9.17, 15) is 4.79 Å². The molecule has 1 saturated heterocycles. The maximum absolute atomic E-state index is 12.5. The second kappa shape index (κ2) is 6.44. The normalized spacial score (nSPS) is 20.0. The van der Waals surface area contributed by atoms with Crippen molar-refractivity contribution >= 4 is 5.91 Å². The predicted molar refractivity (Wildman–Crippen MR) is 77.4 cm³/mol. The summed E-state index contributed by atoms with van der Waals surface area (Å²) in [7, 11) is 0. The van der Waals surface area contributed by atoms with Crippen LogP contribution in [0.15, 0.2) is 22.8 Å². The van der Waals surface area contributed by atoms with Crippen LogP contribution in [0.2, 0.25) is 0 Å². The van der Waals surface area contributed by atoms with Gasteiger partial charge in [0.1, 0.15) is 5.76 Å². The predicted octanol–water partition coefficient (Wildman–Crippen LogP) is 2.20. The third-order valence-corrected chi connectivity index (χ3v) is 4.39. The van der Waals surface area contributed by atoms with Gasteiger partial charge in [-0.15, -0.1) is 0 Å². The SMILES string of the molecule is O=C(CCc1ccco1)N(CC1CCNCC1)C1CC1.